The van der Waals surface area contributed by atoms with Gasteiger partial charge in [0.2, 0.25) is 0 Å². The normalized spacial score (nSPS) is 18.9. The summed E-state index contributed by atoms with van der Waals surface area (Å²) in [5.74, 6) is -0.278. The summed E-state index contributed by atoms with van der Waals surface area (Å²) in [4.78, 5) is 2.27. The lowest BCUT2D eigenvalue weighted by molar-refractivity contribution is 0.199. The van der Waals surface area contributed by atoms with Crippen LogP contribution in [0.25, 0.3) is 0 Å². The molecule has 0 unspecified atom stereocenters. The lowest BCUT2D eigenvalue weighted by atomic mass is 10.1. The predicted molar refractivity (Wildman–Crippen MR) is 67.7 cm³/mol. The van der Waals surface area contributed by atoms with Crippen molar-refractivity contribution < 1.29 is 9.50 Å². The van der Waals surface area contributed by atoms with Gasteiger partial charge in [-0.2, -0.15) is 0 Å². The molecule has 0 aliphatic carbocycles. The fraction of sp³-hybridized carbons (Fsp3) is 0.571. The van der Waals surface area contributed by atoms with Crippen LogP contribution in [0.15, 0.2) is 18.2 Å². The van der Waals surface area contributed by atoms with Gasteiger partial charge < -0.3 is 10.0 Å². The fourth-order valence-corrected chi connectivity index (χ4v) is 2.46. The highest BCUT2D eigenvalue weighted by molar-refractivity contribution is 5.54. The van der Waals surface area contributed by atoms with E-state index in [1.54, 1.807) is 13.0 Å². The van der Waals surface area contributed by atoms with E-state index in [-0.39, 0.29) is 5.82 Å². The second-order valence-corrected chi connectivity index (χ2v) is 4.78. The van der Waals surface area contributed by atoms with Gasteiger partial charge in [-0.1, -0.05) is 12.8 Å². The van der Waals surface area contributed by atoms with Crippen molar-refractivity contribution in [2.24, 2.45) is 0 Å². The van der Waals surface area contributed by atoms with Gasteiger partial charge in [-0.3, -0.25) is 0 Å². The van der Waals surface area contributed by atoms with Crippen LogP contribution in [0, 0.1) is 5.82 Å². The average Bonchev–Trinajstić information content (AvgIpc) is 2.57. The van der Waals surface area contributed by atoms with E-state index in [9.17, 15) is 9.50 Å². The van der Waals surface area contributed by atoms with Crippen molar-refractivity contribution in [3.8, 4) is 0 Å². The monoisotopic (exact) mass is 237 g/mol. The Balaban J connectivity index is 2.29. The quantitative estimate of drug-likeness (QED) is 0.853. The van der Waals surface area contributed by atoms with Crippen LogP contribution in [-0.4, -0.2) is 18.2 Å². The zero-order valence-electron chi connectivity index (χ0n) is 10.3. The molecule has 0 spiro atoms. The number of anilines is 1. The summed E-state index contributed by atoms with van der Waals surface area (Å²) in [6, 6.07) is 4.72. The molecule has 94 valence electrons. The Kier molecular flexibility index (Phi) is 4.00. The third kappa shape index (κ3) is 2.97. The molecule has 1 aliphatic heterocycles. The van der Waals surface area contributed by atoms with Crippen molar-refractivity contribution >= 4 is 5.69 Å². The van der Waals surface area contributed by atoms with E-state index in [1.807, 2.05) is 0 Å². The maximum atomic E-state index is 13.2. The summed E-state index contributed by atoms with van der Waals surface area (Å²) < 4.78 is 13.2. The maximum absolute atomic E-state index is 13.2. The molecule has 1 aliphatic rings. The minimum Gasteiger partial charge on any atom is -0.389 e. The number of benzene rings is 1. The first kappa shape index (κ1) is 12.4. The van der Waals surface area contributed by atoms with Gasteiger partial charge in [0.15, 0.2) is 0 Å². The Morgan fingerprint density at radius 3 is 2.41 bits per heavy atom. The fourth-order valence-electron chi connectivity index (χ4n) is 2.46. The average molecular weight is 237 g/mol. The second-order valence-electron chi connectivity index (χ2n) is 4.78. The Morgan fingerprint density at radius 2 is 1.82 bits per heavy atom. The summed E-state index contributed by atoms with van der Waals surface area (Å²) in [6.45, 7) is 3.70. The molecule has 1 heterocycles. The van der Waals surface area contributed by atoms with Gasteiger partial charge in [0.05, 0.1) is 6.10 Å². The molecule has 3 heteroatoms. The summed E-state index contributed by atoms with van der Waals surface area (Å²) in [7, 11) is 0. The number of aliphatic hydroxyl groups excluding tert-OH is 1. The molecule has 1 aromatic carbocycles. The van der Waals surface area contributed by atoms with Gasteiger partial charge in [0, 0.05) is 24.3 Å². The predicted octanol–water partition coefficient (Wildman–Crippen LogP) is 3.26. The number of hydrogen-bond acceptors (Lipinski definition) is 2. The molecular formula is C14H20FNO. The summed E-state index contributed by atoms with van der Waals surface area (Å²) in [5.41, 5.74) is 1.69. The van der Waals surface area contributed by atoms with Gasteiger partial charge in [0.25, 0.3) is 0 Å². The molecule has 1 atom stereocenters. The van der Waals surface area contributed by atoms with Crippen LogP contribution in [-0.2, 0) is 0 Å². The van der Waals surface area contributed by atoms with Crippen molar-refractivity contribution in [2.75, 3.05) is 18.0 Å². The van der Waals surface area contributed by atoms with Crippen molar-refractivity contribution in [1.29, 1.82) is 0 Å². The molecule has 0 bridgehead atoms. The molecular weight excluding hydrogens is 217 g/mol. The lowest BCUT2D eigenvalue weighted by Gasteiger charge is -2.26. The van der Waals surface area contributed by atoms with Gasteiger partial charge in [-0.05, 0) is 38.0 Å². The molecule has 0 aromatic heterocycles. The molecule has 1 aromatic rings. The molecule has 1 fully saturated rings. The van der Waals surface area contributed by atoms with Gasteiger partial charge >= 0.3 is 0 Å². The number of halogens is 1. The first-order valence-corrected chi connectivity index (χ1v) is 6.41. The van der Waals surface area contributed by atoms with Crippen LogP contribution in [0.3, 0.4) is 0 Å². The van der Waals surface area contributed by atoms with Crippen molar-refractivity contribution in [2.45, 2.75) is 38.7 Å². The van der Waals surface area contributed by atoms with E-state index in [4.69, 9.17) is 0 Å². The first-order chi connectivity index (χ1) is 8.18. The Bertz CT molecular complexity index is 370. The Hall–Kier alpha value is -1.09. The smallest absolute Gasteiger partial charge is 0.123 e. The number of aliphatic hydroxyl groups is 1. The third-order valence-electron chi connectivity index (χ3n) is 3.39. The van der Waals surface area contributed by atoms with Crippen LogP contribution >= 0.6 is 0 Å². The van der Waals surface area contributed by atoms with E-state index in [0.717, 1.165) is 18.8 Å². The molecule has 2 rings (SSSR count). The summed E-state index contributed by atoms with van der Waals surface area (Å²) >= 11 is 0. The Labute approximate surface area is 102 Å². The van der Waals surface area contributed by atoms with Gasteiger partial charge in [-0.25, -0.2) is 4.39 Å². The number of nitrogens with zero attached hydrogens (tertiary/aromatic N) is 1. The number of hydrogen-bond donors (Lipinski definition) is 1. The second kappa shape index (κ2) is 5.50. The third-order valence-corrected chi connectivity index (χ3v) is 3.39. The highest BCUT2D eigenvalue weighted by Gasteiger charge is 2.16. The highest BCUT2D eigenvalue weighted by atomic mass is 19.1. The molecule has 17 heavy (non-hydrogen) atoms. The van der Waals surface area contributed by atoms with Crippen LogP contribution < -0.4 is 4.90 Å². The van der Waals surface area contributed by atoms with E-state index in [1.165, 1.54) is 37.8 Å². The van der Waals surface area contributed by atoms with Crippen molar-refractivity contribution in [3.05, 3.63) is 29.6 Å². The van der Waals surface area contributed by atoms with E-state index >= 15 is 0 Å². The first-order valence-electron chi connectivity index (χ1n) is 6.41. The number of rotatable bonds is 2. The minimum absolute atomic E-state index is 0.278. The van der Waals surface area contributed by atoms with Gasteiger partial charge in [-0.15, -0.1) is 0 Å². The Morgan fingerprint density at radius 1 is 1.18 bits per heavy atom. The lowest BCUT2D eigenvalue weighted by Crippen LogP contribution is -2.25. The molecule has 0 saturated carbocycles. The molecule has 2 nitrogen and oxygen atoms in total. The van der Waals surface area contributed by atoms with Crippen LogP contribution in [0.4, 0.5) is 10.1 Å². The van der Waals surface area contributed by atoms with Crippen LogP contribution in [0.1, 0.15) is 44.3 Å². The van der Waals surface area contributed by atoms with E-state index in [0.29, 0.717) is 5.56 Å². The molecule has 0 amide bonds. The summed E-state index contributed by atoms with van der Waals surface area (Å²) in [5, 5.41) is 9.74. The van der Waals surface area contributed by atoms with Gasteiger partial charge in [0.1, 0.15) is 5.82 Å². The molecule has 1 N–H and O–H groups in total. The van der Waals surface area contributed by atoms with Crippen LogP contribution in [0.2, 0.25) is 0 Å². The standard InChI is InChI=1S/C14H20FNO/c1-11(17)13-10-12(15)6-7-14(13)16-8-4-2-3-5-9-16/h6-7,10-11,17H,2-5,8-9H2,1H3/t11-/m0/s1. The SMILES string of the molecule is C[C@H](O)c1cc(F)ccc1N1CCCCCC1. The zero-order valence-corrected chi connectivity index (χ0v) is 10.3. The highest BCUT2D eigenvalue weighted by Crippen LogP contribution is 2.29. The summed E-state index contributed by atoms with van der Waals surface area (Å²) in [6.07, 6.45) is 4.26. The largest absolute Gasteiger partial charge is 0.389 e. The van der Waals surface area contributed by atoms with Crippen LogP contribution in [0.5, 0.6) is 0 Å². The molecule has 1 saturated heterocycles. The van der Waals surface area contributed by atoms with E-state index < -0.39 is 6.10 Å². The van der Waals surface area contributed by atoms with Crippen molar-refractivity contribution in [1.82, 2.24) is 0 Å². The maximum Gasteiger partial charge on any atom is 0.123 e. The minimum atomic E-state index is -0.621. The van der Waals surface area contributed by atoms with Crippen molar-refractivity contribution in [3.63, 3.8) is 0 Å². The molecule has 0 radical (unpaired) electrons. The van der Waals surface area contributed by atoms with E-state index in [2.05, 4.69) is 4.90 Å². The zero-order chi connectivity index (χ0) is 12.3. The topological polar surface area (TPSA) is 23.5 Å².